The van der Waals surface area contributed by atoms with E-state index in [4.69, 9.17) is 12.6 Å². The maximum absolute atomic E-state index is 12.4. The van der Waals surface area contributed by atoms with Crippen LogP contribution < -0.4 is 0 Å². The van der Waals surface area contributed by atoms with Gasteiger partial charge in [-0.25, -0.2) is 0 Å². The van der Waals surface area contributed by atoms with E-state index in [-0.39, 0.29) is 6.61 Å². The Morgan fingerprint density at radius 3 is 2.50 bits per heavy atom. The number of alkyl halides is 3. The van der Waals surface area contributed by atoms with E-state index in [1.165, 1.54) is 22.7 Å². The van der Waals surface area contributed by atoms with Crippen LogP contribution in [0.2, 0.25) is 0 Å². The molecule has 0 aliphatic carbocycles. The van der Waals surface area contributed by atoms with Gasteiger partial charge < -0.3 is 0 Å². The summed E-state index contributed by atoms with van der Waals surface area (Å²) in [6.07, 6.45) is -3.54. The number of rotatable bonds is 4. The first kappa shape index (κ1) is 16.7. The van der Waals surface area contributed by atoms with Crippen molar-refractivity contribution in [2.75, 3.05) is 6.61 Å². The zero-order valence-corrected chi connectivity index (χ0v) is 13.6. The number of ether oxygens (including phenoxy) is 2. The maximum atomic E-state index is 12.4. The van der Waals surface area contributed by atoms with Crippen molar-refractivity contribution >= 4 is 32.8 Å². The van der Waals surface area contributed by atoms with Crippen LogP contribution in [0.5, 0.6) is 0 Å². The van der Waals surface area contributed by atoms with Gasteiger partial charge >= 0.3 is 127 Å². The van der Waals surface area contributed by atoms with E-state index in [0.29, 0.717) is 0 Å². The predicted molar refractivity (Wildman–Crippen MR) is 59.2 cm³/mol. The standard InChI is InChI=1S/C9H12F3O6STe/c1-4-6-7(17-19(13,14)9(10,11)12)8(16-4,3-15-6)5(2)18-20/h4-7H,3H2,1-2H3/t4-,5?,6-,7-,8-/m0/s1. The molecule has 11 heteroatoms. The molecule has 0 aromatic rings. The zero-order valence-electron chi connectivity index (χ0n) is 10.4. The Labute approximate surface area is 127 Å². The Hall–Kier alpha value is 0.370. The van der Waals surface area contributed by atoms with Crippen molar-refractivity contribution in [1.29, 1.82) is 0 Å². The van der Waals surface area contributed by atoms with Gasteiger partial charge in [0.2, 0.25) is 0 Å². The fourth-order valence-electron chi connectivity index (χ4n) is 2.42. The van der Waals surface area contributed by atoms with Gasteiger partial charge in [0.15, 0.2) is 0 Å². The first-order valence-corrected chi connectivity index (χ1v) is 7.99. The van der Waals surface area contributed by atoms with Crippen molar-refractivity contribution in [2.45, 2.75) is 49.4 Å². The Morgan fingerprint density at radius 1 is 1.45 bits per heavy atom. The molecule has 2 bridgehead atoms. The summed E-state index contributed by atoms with van der Waals surface area (Å²) in [5.74, 6) is 0. The monoisotopic (exact) mass is 435 g/mol. The van der Waals surface area contributed by atoms with Crippen molar-refractivity contribution in [3.05, 3.63) is 0 Å². The molecular formula is C9H12F3O6STe. The van der Waals surface area contributed by atoms with Gasteiger partial charge in [-0.15, -0.1) is 0 Å². The number of hydrogen-bond donors (Lipinski definition) is 0. The van der Waals surface area contributed by atoms with Crippen molar-refractivity contribution in [1.82, 2.24) is 0 Å². The SMILES string of the molecule is CC(O[Te])[C@]12CO[C@@H]([C@H](C)O1)[C@@H]2OS(=O)(=O)C(F)(F)F. The summed E-state index contributed by atoms with van der Waals surface area (Å²) < 4.78 is 80.0. The molecule has 2 heterocycles. The van der Waals surface area contributed by atoms with E-state index in [1.54, 1.807) is 13.8 Å². The van der Waals surface area contributed by atoms with Crippen LogP contribution in [-0.4, -0.2) is 73.3 Å². The van der Waals surface area contributed by atoms with Gasteiger partial charge in [0, 0.05) is 0 Å². The number of hydrogen-bond acceptors (Lipinski definition) is 6. The van der Waals surface area contributed by atoms with Crippen LogP contribution in [0.25, 0.3) is 0 Å². The third-order valence-corrected chi connectivity index (χ3v) is 5.35. The third-order valence-electron chi connectivity index (χ3n) is 3.50. The van der Waals surface area contributed by atoms with Crippen LogP contribution in [0.3, 0.4) is 0 Å². The van der Waals surface area contributed by atoms with E-state index < -0.39 is 45.6 Å². The molecule has 20 heavy (non-hydrogen) atoms. The summed E-state index contributed by atoms with van der Waals surface area (Å²) in [6.45, 7) is 3.05. The Morgan fingerprint density at radius 2 is 2.05 bits per heavy atom. The molecule has 0 aromatic heterocycles. The average molecular weight is 433 g/mol. The van der Waals surface area contributed by atoms with Crippen LogP contribution in [0.4, 0.5) is 13.2 Å². The first-order valence-electron chi connectivity index (χ1n) is 5.63. The first-order chi connectivity index (χ1) is 9.05. The van der Waals surface area contributed by atoms with Crippen molar-refractivity contribution in [3.63, 3.8) is 0 Å². The molecule has 2 fully saturated rings. The molecule has 0 saturated carbocycles. The van der Waals surface area contributed by atoms with Gasteiger partial charge in [-0.1, -0.05) is 0 Å². The van der Waals surface area contributed by atoms with E-state index in [1.807, 2.05) is 0 Å². The Kier molecular flexibility index (Phi) is 4.37. The molecule has 6 nitrogen and oxygen atoms in total. The second-order valence-corrected chi connectivity index (χ2v) is 6.82. The molecule has 0 spiro atoms. The van der Waals surface area contributed by atoms with Crippen LogP contribution in [-0.2, 0) is 26.9 Å². The Balaban J connectivity index is 2.31. The topological polar surface area (TPSA) is 71.1 Å². The molecule has 2 saturated heterocycles. The molecule has 5 atom stereocenters. The van der Waals surface area contributed by atoms with Gasteiger partial charge in [-0.2, -0.15) is 0 Å². The molecule has 117 valence electrons. The molecule has 2 aliphatic rings. The number of fused-ring (bicyclic) bond motifs is 2. The second kappa shape index (κ2) is 5.22. The zero-order chi connectivity index (χ0) is 15.3. The normalized spacial score (nSPS) is 39.2. The summed E-state index contributed by atoms with van der Waals surface area (Å²) in [4.78, 5) is 0. The summed E-state index contributed by atoms with van der Waals surface area (Å²) in [5.41, 5.74) is -6.85. The minimum atomic E-state index is -5.73. The summed E-state index contributed by atoms with van der Waals surface area (Å²) in [5, 5.41) is 0. The molecular weight excluding hydrogens is 421 g/mol. The molecule has 0 amide bonds. The molecule has 2 rings (SSSR count). The minimum absolute atomic E-state index is 0.0866. The average Bonchev–Trinajstić information content (AvgIpc) is 2.78. The quantitative estimate of drug-likeness (QED) is 0.361. The fraction of sp³-hybridized carbons (Fsp3) is 1.00. The Bertz CT molecular complexity index is 483. The van der Waals surface area contributed by atoms with Gasteiger partial charge in [0.05, 0.1) is 0 Å². The summed E-state index contributed by atoms with van der Waals surface area (Å²) >= 11 is 1.27. The van der Waals surface area contributed by atoms with Gasteiger partial charge in [0.1, 0.15) is 0 Å². The molecule has 2 aliphatic heterocycles. The van der Waals surface area contributed by atoms with E-state index in [0.717, 1.165) is 0 Å². The summed E-state index contributed by atoms with van der Waals surface area (Å²) in [7, 11) is -5.73. The van der Waals surface area contributed by atoms with Gasteiger partial charge in [-0.3, -0.25) is 0 Å². The van der Waals surface area contributed by atoms with Crippen LogP contribution in [0.1, 0.15) is 13.8 Å². The van der Waals surface area contributed by atoms with Crippen LogP contribution >= 0.6 is 0 Å². The van der Waals surface area contributed by atoms with Crippen LogP contribution in [0, 0.1) is 0 Å². The van der Waals surface area contributed by atoms with Crippen LogP contribution in [0.15, 0.2) is 0 Å². The van der Waals surface area contributed by atoms with Gasteiger partial charge in [-0.05, 0) is 0 Å². The third kappa shape index (κ3) is 2.47. The van der Waals surface area contributed by atoms with E-state index in [9.17, 15) is 21.6 Å². The molecule has 0 aromatic carbocycles. The molecule has 1 unspecified atom stereocenters. The molecule has 0 N–H and O–H groups in total. The van der Waals surface area contributed by atoms with Gasteiger partial charge in [0.25, 0.3) is 0 Å². The summed E-state index contributed by atoms with van der Waals surface area (Å²) in [6, 6.07) is 0. The van der Waals surface area contributed by atoms with Crippen molar-refractivity contribution < 1.29 is 38.3 Å². The molecule has 1 radical (unpaired) electrons. The predicted octanol–water partition coefficient (Wildman–Crippen LogP) is 0.266. The second-order valence-electron chi connectivity index (χ2n) is 4.71. The van der Waals surface area contributed by atoms with E-state index >= 15 is 0 Å². The van der Waals surface area contributed by atoms with Crippen molar-refractivity contribution in [2.24, 2.45) is 0 Å². The fourth-order valence-corrected chi connectivity index (χ4v) is 3.54. The number of halogens is 3. The van der Waals surface area contributed by atoms with Crippen molar-refractivity contribution in [3.8, 4) is 0 Å². The van der Waals surface area contributed by atoms with E-state index in [2.05, 4.69) is 4.18 Å².